The summed E-state index contributed by atoms with van der Waals surface area (Å²) in [7, 11) is 1.19. The summed E-state index contributed by atoms with van der Waals surface area (Å²) in [6, 6.07) is 27.1. The van der Waals surface area contributed by atoms with E-state index in [2.05, 4.69) is 58.7 Å². The van der Waals surface area contributed by atoms with Crippen molar-refractivity contribution in [3.8, 4) is 0 Å². The summed E-state index contributed by atoms with van der Waals surface area (Å²) in [6.45, 7) is 3.87. The highest BCUT2D eigenvalue weighted by atomic mass is 16.6. The van der Waals surface area contributed by atoms with Crippen LogP contribution in [-0.2, 0) is 24.5 Å². The Balaban J connectivity index is 1.32. The molecular weight excluding hydrogens is 560 g/mol. The zero-order chi connectivity index (χ0) is 31.3. The molecule has 10 nitrogen and oxygen atoms in total. The van der Waals surface area contributed by atoms with E-state index < -0.39 is 22.8 Å². The molecule has 1 unspecified atom stereocenters. The fourth-order valence-electron chi connectivity index (χ4n) is 6.43. The van der Waals surface area contributed by atoms with Crippen LogP contribution in [-0.4, -0.2) is 55.1 Å². The van der Waals surface area contributed by atoms with Gasteiger partial charge in [0, 0.05) is 29.3 Å². The first-order valence-electron chi connectivity index (χ1n) is 14.6. The molecule has 3 aromatic carbocycles. The number of nitro benzene ring substituents is 1. The van der Waals surface area contributed by atoms with Crippen LogP contribution in [0.5, 0.6) is 0 Å². The predicted octanol–water partition coefficient (Wildman–Crippen LogP) is 4.52. The molecule has 1 fully saturated rings. The van der Waals surface area contributed by atoms with Crippen LogP contribution in [0, 0.1) is 10.1 Å². The van der Waals surface area contributed by atoms with Crippen LogP contribution in [0.2, 0.25) is 0 Å². The number of nitrogens with one attached hydrogen (secondary N) is 1. The van der Waals surface area contributed by atoms with Gasteiger partial charge in [-0.25, -0.2) is 9.59 Å². The molecule has 2 aliphatic rings. The monoisotopic (exact) mass is 596 g/mol. The molecule has 2 aliphatic heterocycles. The molecule has 0 spiro atoms. The molecule has 0 bridgehead atoms. The molecule has 0 aromatic heterocycles. The van der Waals surface area contributed by atoms with Crippen LogP contribution in [0.1, 0.15) is 42.4 Å². The van der Waals surface area contributed by atoms with E-state index >= 15 is 0 Å². The number of dihydropyridines is 1. The number of piperidine rings is 1. The number of para-hydroxylation sites is 1. The van der Waals surface area contributed by atoms with Crippen molar-refractivity contribution < 1.29 is 24.0 Å². The van der Waals surface area contributed by atoms with Gasteiger partial charge in [-0.05, 0) is 44.0 Å². The van der Waals surface area contributed by atoms with Crippen LogP contribution in [0.15, 0.2) is 108 Å². The van der Waals surface area contributed by atoms with Gasteiger partial charge in [0.25, 0.3) is 5.69 Å². The number of nitrogens with zero attached hydrogens (tertiary/aromatic N) is 2. The van der Waals surface area contributed by atoms with E-state index in [-0.39, 0.29) is 40.2 Å². The number of ether oxygens (including phenoxy) is 2. The van der Waals surface area contributed by atoms with Crippen molar-refractivity contribution in [2.45, 2.75) is 31.1 Å². The number of nitro groups is 1. The lowest BCUT2D eigenvalue weighted by atomic mass is 9.68. The van der Waals surface area contributed by atoms with E-state index in [9.17, 15) is 19.7 Å². The Morgan fingerprint density at radius 1 is 0.932 bits per heavy atom. The molecule has 1 saturated heterocycles. The maximum atomic E-state index is 13.6. The Kier molecular flexibility index (Phi) is 9.10. The highest BCUT2D eigenvalue weighted by molar-refractivity contribution is 6.00. The Bertz CT molecular complexity index is 1550. The number of nitrogens with two attached hydrogens (primary N) is 1. The van der Waals surface area contributed by atoms with Crippen molar-refractivity contribution in [3.63, 3.8) is 0 Å². The summed E-state index contributed by atoms with van der Waals surface area (Å²) in [5, 5.41) is 14.8. The van der Waals surface area contributed by atoms with Crippen molar-refractivity contribution in [2.75, 3.05) is 33.4 Å². The molecule has 2 heterocycles. The van der Waals surface area contributed by atoms with Gasteiger partial charge >= 0.3 is 11.9 Å². The van der Waals surface area contributed by atoms with E-state index in [1.165, 1.54) is 36.4 Å². The van der Waals surface area contributed by atoms with Crippen molar-refractivity contribution in [1.29, 1.82) is 0 Å². The van der Waals surface area contributed by atoms with Gasteiger partial charge in [-0.2, -0.15) is 0 Å². The average Bonchev–Trinajstić information content (AvgIpc) is 3.05. The van der Waals surface area contributed by atoms with Crippen molar-refractivity contribution in [2.24, 2.45) is 5.73 Å². The second-order valence-corrected chi connectivity index (χ2v) is 11.0. The summed E-state index contributed by atoms with van der Waals surface area (Å²) in [5.41, 5.74) is 8.87. The molecule has 0 aliphatic carbocycles. The van der Waals surface area contributed by atoms with E-state index in [1.54, 1.807) is 13.0 Å². The SMILES string of the molecule is COC(=O)C1=C(N)NC(C)=C(C(=O)OCCN2CCC(c3ccccc3)(c3ccccc3)CC2)C1c1ccccc1[N+](=O)[O-]. The van der Waals surface area contributed by atoms with Crippen LogP contribution >= 0.6 is 0 Å². The van der Waals surface area contributed by atoms with E-state index in [0.717, 1.165) is 25.9 Å². The number of allylic oxidation sites excluding steroid dienone is 1. The highest BCUT2D eigenvalue weighted by Gasteiger charge is 2.42. The van der Waals surface area contributed by atoms with Crippen LogP contribution in [0.25, 0.3) is 0 Å². The van der Waals surface area contributed by atoms with Gasteiger partial charge in [0.15, 0.2) is 0 Å². The first kappa shape index (κ1) is 30.5. The Hall–Kier alpha value is -4.96. The fourth-order valence-corrected chi connectivity index (χ4v) is 6.43. The third-order valence-corrected chi connectivity index (χ3v) is 8.67. The standard InChI is InChI=1S/C34H36N4O6/c1-23-28(29(30(31(35)36-23)32(39)43-2)26-15-9-10-16-27(26)38(41)42)33(40)44-22-21-37-19-17-34(18-20-37,24-11-5-3-6-12-24)25-13-7-4-8-14-25/h3-16,29,36H,17-22,35H2,1-2H3. The predicted molar refractivity (Wildman–Crippen MR) is 165 cm³/mol. The van der Waals surface area contributed by atoms with Gasteiger partial charge in [-0.1, -0.05) is 78.9 Å². The van der Waals surface area contributed by atoms with Gasteiger partial charge in [0.05, 0.1) is 29.1 Å². The number of hydrogen-bond donors (Lipinski definition) is 2. The Morgan fingerprint density at radius 2 is 1.50 bits per heavy atom. The molecule has 228 valence electrons. The molecule has 3 N–H and O–H groups in total. The number of likely N-dealkylation sites (tertiary alicyclic amines) is 1. The van der Waals surface area contributed by atoms with Gasteiger partial charge in [0.1, 0.15) is 12.4 Å². The molecule has 10 heteroatoms. The number of carbonyl (C=O) groups excluding carboxylic acids is 2. The minimum Gasteiger partial charge on any atom is -0.466 e. The van der Waals surface area contributed by atoms with E-state index in [1.807, 2.05) is 12.1 Å². The van der Waals surface area contributed by atoms with Gasteiger partial charge in [-0.3, -0.25) is 15.0 Å². The largest absolute Gasteiger partial charge is 0.466 e. The number of rotatable bonds is 9. The lowest BCUT2D eigenvalue weighted by Crippen LogP contribution is -2.44. The van der Waals surface area contributed by atoms with Crippen LogP contribution in [0.3, 0.4) is 0 Å². The quantitative estimate of drug-likeness (QED) is 0.207. The minimum absolute atomic E-state index is 0.0392. The lowest BCUT2D eigenvalue weighted by molar-refractivity contribution is -0.385. The van der Waals surface area contributed by atoms with Gasteiger partial charge < -0.3 is 20.5 Å². The minimum atomic E-state index is -1.15. The third kappa shape index (κ3) is 5.93. The van der Waals surface area contributed by atoms with E-state index in [4.69, 9.17) is 15.2 Å². The molecule has 0 saturated carbocycles. The molecule has 44 heavy (non-hydrogen) atoms. The Labute approximate surface area is 256 Å². The number of methoxy groups -OCH3 is 1. The van der Waals surface area contributed by atoms with Crippen LogP contribution in [0.4, 0.5) is 5.69 Å². The topological polar surface area (TPSA) is 137 Å². The van der Waals surface area contributed by atoms with E-state index in [0.29, 0.717) is 12.2 Å². The third-order valence-electron chi connectivity index (χ3n) is 8.67. The second kappa shape index (κ2) is 13.1. The summed E-state index contributed by atoms with van der Waals surface area (Å²) in [5.74, 6) is -2.68. The summed E-state index contributed by atoms with van der Waals surface area (Å²) in [6.07, 6.45) is 1.82. The maximum Gasteiger partial charge on any atom is 0.338 e. The Morgan fingerprint density at radius 3 is 2.07 bits per heavy atom. The van der Waals surface area contributed by atoms with Gasteiger partial charge in [-0.15, -0.1) is 0 Å². The summed E-state index contributed by atoms with van der Waals surface area (Å²) < 4.78 is 10.7. The van der Waals surface area contributed by atoms with Crippen molar-refractivity contribution >= 4 is 17.6 Å². The maximum absolute atomic E-state index is 13.6. The molecule has 0 radical (unpaired) electrons. The molecular formula is C34H36N4O6. The first-order valence-corrected chi connectivity index (χ1v) is 14.6. The zero-order valence-corrected chi connectivity index (χ0v) is 24.8. The number of carbonyl (C=O) groups is 2. The van der Waals surface area contributed by atoms with Crippen LogP contribution < -0.4 is 11.1 Å². The first-order chi connectivity index (χ1) is 21.3. The zero-order valence-electron chi connectivity index (χ0n) is 24.8. The smallest absolute Gasteiger partial charge is 0.338 e. The summed E-state index contributed by atoms with van der Waals surface area (Å²) in [4.78, 5) is 40.1. The molecule has 1 atom stereocenters. The normalized spacial score (nSPS) is 18.4. The molecule has 0 amide bonds. The highest BCUT2D eigenvalue weighted by Crippen LogP contribution is 2.43. The lowest BCUT2D eigenvalue weighted by Gasteiger charge is -2.43. The van der Waals surface area contributed by atoms with Gasteiger partial charge in [0.2, 0.25) is 0 Å². The van der Waals surface area contributed by atoms with Crippen molar-refractivity contribution in [1.82, 2.24) is 10.2 Å². The average molecular weight is 597 g/mol. The number of hydrogen-bond acceptors (Lipinski definition) is 9. The summed E-state index contributed by atoms with van der Waals surface area (Å²) >= 11 is 0. The second-order valence-electron chi connectivity index (χ2n) is 11.0. The fraction of sp³-hybridized carbons (Fsp3) is 0.294. The molecule has 3 aromatic rings. The molecule has 5 rings (SSSR count). The number of esters is 2. The van der Waals surface area contributed by atoms with Crippen molar-refractivity contribution in [3.05, 3.63) is 134 Å². The number of benzene rings is 3.